The molecule has 5 heteroatoms. The number of fused-ring (bicyclic) bond motifs is 3. The van der Waals surface area contributed by atoms with E-state index >= 15 is 0 Å². The van der Waals surface area contributed by atoms with Gasteiger partial charge >= 0.3 is 0 Å². The maximum Gasteiger partial charge on any atom is 0.125 e. The lowest BCUT2D eigenvalue weighted by atomic mass is 9.67. The van der Waals surface area contributed by atoms with Crippen molar-refractivity contribution in [2.24, 2.45) is 5.92 Å². The standard InChI is InChI=1S/C34H40O5/c1-24(2)22-34(32-19-25(3)5-9-30(32)31-10-6-26(4)20-33(31)34)29-8-7-28(27(21-29)11-12-35)23-39-18-17-38-16-15-37-14-13-36/h5-11,19-21,24,36H,13-18,22-23H2,1-4H3. The molecular weight excluding hydrogens is 488 g/mol. The van der Waals surface area contributed by atoms with Gasteiger partial charge in [-0.2, -0.15) is 0 Å². The molecule has 206 valence electrons. The van der Waals surface area contributed by atoms with Crippen molar-refractivity contribution in [2.75, 3.05) is 39.6 Å². The number of benzene rings is 3. The van der Waals surface area contributed by atoms with E-state index in [2.05, 4.69) is 82.3 Å². The Kier molecular flexibility index (Phi) is 9.90. The van der Waals surface area contributed by atoms with Crippen molar-refractivity contribution in [1.82, 2.24) is 0 Å². The number of carbonyl (C=O) groups excluding carboxylic acids is 1. The molecule has 0 atom stereocenters. The van der Waals surface area contributed by atoms with Gasteiger partial charge in [0.1, 0.15) is 5.94 Å². The molecule has 0 saturated carbocycles. The molecule has 0 radical (unpaired) electrons. The van der Waals surface area contributed by atoms with Crippen LogP contribution in [0.1, 0.15) is 59.2 Å². The zero-order valence-electron chi connectivity index (χ0n) is 23.6. The van der Waals surface area contributed by atoms with Crippen LogP contribution in [0.3, 0.4) is 0 Å². The van der Waals surface area contributed by atoms with Crippen LogP contribution < -0.4 is 0 Å². The fraction of sp³-hybridized carbons (Fsp3) is 0.412. The molecule has 5 nitrogen and oxygen atoms in total. The molecular formula is C34H40O5. The molecule has 3 aromatic carbocycles. The minimum atomic E-state index is -0.312. The highest BCUT2D eigenvalue weighted by atomic mass is 16.5. The fourth-order valence-corrected chi connectivity index (χ4v) is 5.77. The van der Waals surface area contributed by atoms with Crippen LogP contribution in [0.2, 0.25) is 0 Å². The van der Waals surface area contributed by atoms with Crippen LogP contribution in [0.15, 0.2) is 54.6 Å². The van der Waals surface area contributed by atoms with Gasteiger partial charge in [-0.15, -0.1) is 0 Å². The summed E-state index contributed by atoms with van der Waals surface area (Å²) in [5, 5.41) is 8.74. The molecule has 0 spiro atoms. The average Bonchev–Trinajstić information content (AvgIpc) is 3.17. The molecule has 4 rings (SSSR count). The average molecular weight is 529 g/mol. The number of aryl methyl sites for hydroxylation is 2. The van der Waals surface area contributed by atoms with Crippen molar-refractivity contribution in [3.63, 3.8) is 0 Å². The maximum atomic E-state index is 11.6. The largest absolute Gasteiger partial charge is 0.394 e. The van der Waals surface area contributed by atoms with Crippen LogP contribution in [0.4, 0.5) is 0 Å². The van der Waals surface area contributed by atoms with Gasteiger partial charge in [0.2, 0.25) is 0 Å². The van der Waals surface area contributed by atoms with E-state index in [-0.39, 0.29) is 12.0 Å². The zero-order valence-corrected chi connectivity index (χ0v) is 23.6. The summed E-state index contributed by atoms with van der Waals surface area (Å²) in [6.45, 7) is 11.3. The second-order valence-electron chi connectivity index (χ2n) is 10.8. The van der Waals surface area contributed by atoms with E-state index in [1.807, 2.05) is 5.94 Å². The van der Waals surface area contributed by atoms with E-state index in [9.17, 15) is 4.79 Å². The lowest BCUT2D eigenvalue weighted by Crippen LogP contribution is -2.29. The SMILES string of the molecule is Cc1ccc2c(c1)C(CC(C)C)(c1ccc(COCCOCCOCCO)c(C=C=O)c1)c1cc(C)ccc1-2. The lowest BCUT2D eigenvalue weighted by molar-refractivity contribution is 0.00448. The Labute approximate surface area is 232 Å². The number of hydrogen-bond acceptors (Lipinski definition) is 5. The summed E-state index contributed by atoms with van der Waals surface area (Å²) in [4.78, 5) is 11.6. The van der Waals surface area contributed by atoms with E-state index < -0.39 is 0 Å². The first-order chi connectivity index (χ1) is 18.9. The molecule has 1 N–H and O–H groups in total. The van der Waals surface area contributed by atoms with Gasteiger partial charge in [-0.3, -0.25) is 0 Å². The summed E-state index contributed by atoms with van der Waals surface area (Å²) in [6.07, 6.45) is 2.48. The molecule has 3 aromatic rings. The third kappa shape index (κ3) is 6.41. The van der Waals surface area contributed by atoms with Crippen molar-refractivity contribution in [3.8, 4) is 11.1 Å². The molecule has 1 aliphatic rings. The van der Waals surface area contributed by atoms with Gasteiger partial charge in [0.15, 0.2) is 0 Å². The van der Waals surface area contributed by atoms with E-state index in [1.54, 1.807) is 0 Å². The van der Waals surface area contributed by atoms with Crippen molar-refractivity contribution in [1.29, 1.82) is 0 Å². The third-order valence-corrected chi connectivity index (χ3v) is 7.36. The third-order valence-electron chi connectivity index (χ3n) is 7.36. The predicted octanol–water partition coefficient (Wildman–Crippen LogP) is 6.05. The molecule has 0 amide bonds. The zero-order chi connectivity index (χ0) is 27.8. The predicted molar refractivity (Wildman–Crippen MR) is 156 cm³/mol. The van der Waals surface area contributed by atoms with Crippen LogP contribution in [0, 0.1) is 19.8 Å². The maximum absolute atomic E-state index is 11.6. The molecule has 0 unspecified atom stereocenters. The highest BCUT2D eigenvalue weighted by Crippen LogP contribution is 2.56. The molecule has 0 heterocycles. The van der Waals surface area contributed by atoms with E-state index in [0.29, 0.717) is 45.6 Å². The van der Waals surface area contributed by atoms with Gasteiger partial charge < -0.3 is 19.3 Å². The monoisotopic (exact) mass is 528 g/mol. The fourth-order valence-electron chi connectivity index (χ4n) is 5.77. The Morgan fingerprint density at radius 1 is 0.821 bits per heavy atom. The molecule has 0 saturated heterocycles. The van der Waals surface area contributed by atoms with Crippen LogP contribution in [-0.4, -0.2) is 50.7 Å². The summed E-state index contributed by atoms with van der Waals surface area (Å²) in [5.74, 6) is 2.45. The Hall–Kier alpha value is -3.05. The summed E-state index contributed by atoms with van der Waals surface area (Å²) in [7, 11) is 0. The quantitative estimate of drug-likeness (QED) is 0.204. The Bertz CT molecular complexity index is 1270. The van der Waals surface area contributed by atoms with Crippen LogP contribution in [0.5, 0.6) is 0 Å². The Morgan fingerprint density at radius 3 is 1.97 bits per heavy atom. The second-order valence-corrected chi connectivity index (χ2v) is 10.8. The van der Waals surface area contributed by atoms with Crippen LogP contribution in [-0.2, 0) is 31.0 Å². The van der Waals surface area contributed by atoms with Crippen molar-refractivity contribution in [3.05, 3.63) is 93.5 Å². The normalized spacial score (nSPS) is 13.3. The molecule has 1 aliphatic carbocycles. The number of rotatable bonds is 14. The number of aliphatic hydroxyl groups excluding tert-OH is 1. The molecule has 0 aromatic heterocycles. The Morgan fingerprint density at radius 2 is 1.41 bits per heavy atom. The van der Waals surface area contributed by atoms with Gasteiger partial charge in [-0.25, -0.2) is 4.79 Å². The summed E-state index contributed by atoms with van der Waals surface area (Å²) in [6, 6.07) is 20.1. The van der Waals surface area contributed by atoms with Crippen LogP contribution >= 0.6 is 0 Å². The molecule has 0 fully saturated rings. The van der Waals surface area contributed by atoms with Crippen molar-refractivity contribution >= 4 is 12.0 Å². The molecule has 39 heavy (non-hydrogen) atoms. The minimum absolute atomic E-state index is 0.0103. The van der Waals surface area contributed by atoms with E-state index in [1.165, 1.54) is 45.0 Å². The summed E-state index contributed by atoms with van der Waals surface area (Å²) < 4.78 is 16.6. The van der Waals surface area contributed by atoms with Crippen molar-refractivity contribution < 1.29 is 24.1 Å². The highest BCUT2D eigenvalue weighted by molar-refractivity contribution is 5.85. The molecule has 0 bridgehead atoms. The number of hydrogen-bond donors (Lipinski definition) is 1. The van der Waals surface area contributed by atoms with Gasteiger partial charge in [-0.1, -0.05) is 73.5 Å². The van der Waals surface area contributed by atoms with E-state index in [0.717, 1.165) is 17.5 Å². The lowest BCUT2D eigenvalue weighted by Gasteiger charge is -2.35. The first-order valence-electron chi connectivity index (χ1n) is 13.8. The first kappa shape index (κ1) is 28.9. The van der Waals surface area contributed by atoms with Gasteiger partial charge in [0.05, 0.1) is 46.2 Å². The van der Waals surface area contributed by atoms with E-state index in [4.69, 9.17) is 19.3 Å². The number of ether oxygens (including phenoxy) is 3. The minimum Gasteiger partial charge on any atom is -0.394 e. The smallest absolute Gasteiger partial charge is 0.125 e. The van der Waals surface area contributed by atoms with Gasteiger partial charge in [-0.05, 0) is 71.2 Å². The highest BCUT2D eigenvalue weighted by Gasteiger charge is 2.45. The topological polar surface area (TPSA) is 65.0 Å². The summed E-state index contributed by atoms with van der Waals surface area (Å²) in [5.41, 5.74) is 10.4. The van der Waals surface area contributed by atoms with Gasteiger partial charge in [0.25, 0.3) is 0 Å². The first-order valence-corrected chi connectivity index (χ1v) is 13.8. The molecule has 0 aliphatic heterocycles. The number of aliphatic hydroxyl groups is 1. The van der Waals surface area contributed by atoms with Crippen LogP contribution in [0.25, 0.3) is 17.2 Å². The van der Waals surface area contributed by atoms with Gasteiger partial charge in [0, 0.05) is 11.5 Å². The Balaban J connectivity index is 1.65. The van der Waals surface area contributed by atoms with Crippen molar-refractivity contribution in [2.45, 2.75) is 46.1 Å². The second kappa shape index (κ2) is 13.3. The summed E-state index contributed by atoms with van der Waals surface area (Å²) >= 11 is 0.